The van der Waals surface area contributed by atoms with E-state index in [9.17, 15) is 19.8 Å². The van der Waals surface area contributed by atoms with Gasteiger partial charge in [0.05, 0.1) is 11.4 Å². The summed E-state index contributed by atoms with van der Waals surface area (Å²) in [7, 11) is 0. The van der Waals surface area contributed by atoms with Gasteiger partial charge in [0.25, 0.3) is 0 Å². The smallest absolute Gasteiger partial charge is 0.248 e. The van der Waals surface area contributed by atoms with Gasteiger partial charge in [0.15, 0.2) is 0 Å². The van der Waals surface area contributed by atoms with Crippen molar-refractivity contribution in [2.24, 2.45) is 0 Å². The molecule has 0 spiro atoms. The summed E-state index contributed by atoms with van der Waals surface area (Å²) in [6.45, 7) is 0. The highest BCUT2D eigenvalue weighted by Crippen LogP contribution is 2.35. The minimum Gasteiger partial charge on any atom is -0.506 e. The van der Waals surface area contributed by atoms with Crippen molar-refractivity contribution in [3.05, 3.63) is 96.1 Å². The number of nitrogens with one attached hydrogen (secondary N) is 2. The Bertz CT molecular complexity index is 1010. The summed E-state index contributed by atoms with van der Waals surface area (Å²) < 4.78 is 0. The van der Waals surface area contributed by atoms with Crippen molar-refractivity contribution in [1.82, 2.24) is 0 Å². The second-order valence-corrected chi connectivity index (χ2v) is 6.35. The van der Waals surface area contributed by atoms with Crippen LogP contribution in [0.3, 0.4) is 0 Å². The molecule has 3 rings (SSSR count). The molecule has 0 fully saturated rings. The van der Waals surface area contributed by atoms with Gasteiger partial charge in [0.1, 0.15) is 11.5 Å². The first-order valence-corrected chi connectivity index (χ1v) is 9.15. The van der Waals surface area contributed by atoms with E-state index in [4.69, 9.17) is 0 Å². The summed E-state index contributed by atoms with van der Waals surface area (Å²) in [5.74, 6) is -1.60. The molecular weight excluding hydrogens is 380 g/mol. The molecule has 0 aliphatic rings. The standard InChI is InChI=1S/C24H20N2O4/c27-21-16-22(28)20(26-24(30)14-12-18-9-5-2-6-10-18)15-19(21)25-23(29)13-11-17-7-3-1-4-8-17/h1-16,27-28H,(H,25,29)(H,26,30). The Hall–Kier alpha value is -4.32. The topological polar surface area (TPSA) is 98.7 Å². The van der Waals surface area contributed by atoms with Crippen LogP contribution in [0.15, 0.2) is 84.9 Å². The fourth-order valence-corrected chi connectivity index (χ4v) is 2.60. The van der Waals surface area contributed by atoms with E-state index >= 15 is 0 Å². The maximum Gasteiger partial charge on any atom is 0.248 e. The first-order valence-electron chi connectivity index (χ1n) is 9.15. The molecule has 3 aromatic rings. The molecule has 0 radical (unpaired) electrons. The maximum atomic E-state index is 12.1. The molecular formula is C24H20N2O4. The number of benzene rings is 3. The van der Waals surface area contributed by atoms with Crippen molar-refractivity contribution in [2.45, 2.75) is 0 Å². The van der Waals surface area contributed by atoms with Gasteiger partial charge in [0, 0.05) is 18.2 Å². The van der Waals surface area contributed by atoms with E-state index in [0.29, 0.717) is 0 Å². The molecule has 0 unspecified atom stereocenters. The zero-order valence-corrected chi connectivity index (χ0v) is 15.9. The Labute approximate surface area is 173 Å². The Kier molecular flexibility index (Phi) is 6.63. The molecule has 0 atom stereocenters. The van der Waals surface area contributed by atoms with E-state index in [1.807, 2.05) is 60.7 Å². The molecule has 0 heterocycles. The van der Waals surface area contributed by atoms with Gasteiger partial charge in [0.2, 0.25) is 11.8 Å². The highest BCUT2D eigenvalue weighted by molar-refractivity contribution is 6.05. The molecule has 0 aromatic heterocycles. The van der Waals surface area contributed by atoms with Crippen molar-refractivity contribution in [3.63, 3.8) is 0 Å². The fraction of sp³-hybridized carbons (Fsp3) is 0. The van der Waals surface area contributed by atoms with E-state index in [1.165, 1.54) is 18.2 Å². The summed E-state index contributed by atoms with van der Waals surface area (Å²) in [5.41, 5.74) is 1.80. The van der Waals surface area contributed by atoms with Crippen molar-refractivity contribution in [2.75, 3.05) is 10.6 Å². The minimum atomic E-state index is -0.471. The largest absolute Gasteiger partial charge is 0.506 e. The Morgan fingerprint density at radius 1 is 0.633 bits per heavy atom. The predicted octanol–water partition coefficient (Wildman–Crippen LogP) is 4.40. The molecule has 4 N–H and O–H groups in total. The van der Waals surface area contributed by atoms with E-state index in [2.05, 4.69) is 10.6 Å². The third kappa shape index (κ3) is 5.84. The van der Waals surface area contributed by atoms with Crippen molar-refractivity contribution in [1.29, 1.82) is 0 Å². The molecule has 150 valence electrons. The van der Waals surface area contributed by atoms with Crippen LogP contribution < -0.4 is 10.6 Å². The normalized spacial score (nSPS) is 10.9. The lowest BCUT2D eigenvalue weighted by Crippen LogP contribution is -2.11. The number of rotatable bonds is 6. The zero-order valence-electron chi connectivity index (χ0n) is 15.9. The lowest BCUT2D eigenvalue weighted by Gasteiger charge is -2.11. The third-order valence-corrected chi connectivity index (χ3v) is 4.08. The molecule has 6 heteroatoms. The second-order valence-electron chi connectivity index (χ2n) is 6.35. The van der Waals surface area contributed by atoms with Crippen LogP contribution in [0.2, 0.25) is 0 Å². The number of aromatic hydroxyl groups is 2. The number of phenolic OH excluding ortho intramolecular Hbond substituents is 2. The summed E-state index contributed by atoms with van der Waals surface area (Å²) in [6.07, 6.45) is 5.90. The number of hydrogen-bond donors (Lipinski definition) is 4. The van der Waals surface area contributed by atoms with Crippen LogP contribution in [0.1, 0.15) is 11.1 Å². The van der Waals surface area contributed by atoms with E-state index in [-0.39, 0.29) is 22.9 Å². The van der Waals surface area contributed by atoms with Crippen molar-refractivity contribution < 1.29 is 19.8 Å². The van der Waals surface area contributed by atoms with Crippen molar-refractivity contribution >= 4 is 35.3 Å². The molecule has 30 heavy (non-hydrogen) atoms. The number of hydrogen-bond acceptors (Lipinski definition) is 4. The maximum absolute atomic E-state index is 12.1. The molecule has 2 amide bonds. The summed E-state index contributed by atoms with van der Waals surface area (Å²) >= 11 is 0. The van der Waals surface area contributed by atoms with Crippen LogP contribution in [-0.4, -0.2) is 22.0 Å². The van der Waals surface area contributed by atoms with Gasteiger partial charge in [-0.1, -0.05) is 60.7 Å². The predicted molar refractivity (Wildman–Crippen MR) is 118 cm³/mol. The average Bonchev–Trinajstić information content (AvgIpc) is 2.75. The van der Waals surface area contributed by atoms with Gasteiger partial charge in [-0.2, -0.15) is 0 Å². The summed E-state index contributed by atoms with van der Waals surface area (Å²) in [6, 6.07) is 20.9. The molecule has 6 nitrogen and oxygen atoms in total. The van der Waals surface area contributed by atoms with E-state index in [1.54, 1.807) is 12.2 Å². The summed E-state index contributed by atoms with van der Waals surface area (Å²) in [4.78, 5) is 24.3. The monoisotopic (exact) mass is 400 g/mol. The first-order chi connectivity index (χ1) is 14.5. The molecule has 0 saturated carbocycles. The average molecular weight is 400 g/mol. The van der Waals surface area contributed by atoms with Crippen LogP contribution in [0, 0.1) is 0 Å². The number of carbonyl (C=O) groups excluding carboxylic acids is 2. The van der Waals surface area contributed by atoms with E-state index in [0.717, 1.165) is 17.2 Å². The number of carbonyl (C=O) groups is 2. The zero-order chi connectivity index (χ0) is 21.3. The van der Waals surface area contributed by atoms with Crippen molar-refractivity contribution in [3.8, 4) is 11.5 Å². The molecule has 0 bridgehead atoms. The number of anilines is 2. The van der Waals surface area contributed by atoms with Crippen LogP contribution in [0.5, 0.6) is 11.5 Å². The Morgan fingerprint density at radius 3 is 1.43 bits per heavy atom. The van der Waals surface area contributed by atoms with Gasteiger partial charge in [-0.15, -0.1) is 0 Å². The Balaban J connectivity index is 1.69. The number of phenols is 2. The SMILES string of the molecule is O=C(C=Cc1ccccc1)Nc1cc(NC(=O)C=Cc2ccccc2)c(O)cc1O. The summed E-state index contributed by atoms with van der Waals surface area (Å²) in [5, 5.41) is 25.1. The second kappa shape index (κ2) is 9.75. The first kappa shape index (κ1) is 20.4. The Morgan fingerprint density at radius 2 is 1.03 bits per heavy atom. The van der Waals surface area contributed by atoms with E-state index < -0.39 is 11.8 Å². The van der Waals surface area contributed by atoms with Crippen LogP contribution in [-0.2, 0) is 9.59 Å². The molecule has 3 aromatic carbocycles. The highest BCUT2D eigenvalue weighted by atomic mass is 16.3. The van der Waals surface area contributed by atoms with Gasteiger partial charge in [-0.3, -0.25) is 9.59 Å². The van der Waals surface area contributed by atoms with Gasteiger partial charge < -0.3 is 20.8 Å². The quantitative estimate of drug-likeness (QED) is 0.280. The van der Waals surface area contributed by atoms with Crippen LogP contribution in [0.25, 0.3) is 12.2 Å². The molecule has 0 aliphatic heterocycles. The lowest BCUT2D eigenvalue weighted by molar-refractivity contribution is -0.112. The van der Waals surface area contributed by atoms with Gasteiger partial charge in [-0.05, 0) is 29.3 Å². The van der Waals surface area contributed by atoms with Crippen LogP contribution >= 0.6 is 0 Å². The van der Waals surface area contributed by atoms with Gasteiger partial charge >= 0.3 is 0 Å². The van der Waals surface area contributed by atoms with Crippen LogP contribution in [0.4, 0.5) is 11.4 Å². The number of amides is 2. The minimum absolute atomic E-state index is 0.0536. The molecule has 0 saturated heterocycles. The molecule has 0 aliphatic carbocycles. The van der Waals surface area contributed by atoms with Gasteiger partial charge in [-0.25, -0.2) is 0 Å². The third-order valence-electron chi connectivity index (χ3n) is 4.08. The lowest BCUT2D eigenvalue weighted by atomic mass is 10.2. The fourth-order valence-electron chi connectivity index (χ4n) is 2.60. The highest BCUT2D eigenvalue weighted by Gasteiger charge is 2.12.